The summed E-state index contributed by atoms with van der Waals surface area (Å²) in [6.07, 6.45) is 2.72. The minimum Gasteiger partial charge on any atom is -0.306 e. The maximum atomic E-state index is 11.3. The number of hydrogen-bond acceptors (Lipinski definition) is 4. The summed E-state index contributed by atoms with van der Waals surface area (Å²) in [7, 11) is 2.12. The molecule has 5 heteroatoms. The van der Waals surface area contributed by atoms with E-state index < -0.39 is 0 Å². The monoisotopic (exact) mass is 225 g/mol. The zero-order chi connectivity index (χ0) is 11.5. The molecule has 2 saturated heterocycles. The zero-order valence-corrected chi connectivity index (χ0v) is 9.66. The van der Waals surface area contributed by atoms with E-state index in [4.69, 9.17) is 0 Å². The lowest BCUT2D eigenvalue weighted by atomic mass is 9.98. The molecule has 0 aliphatic carbocycles. The zero-order valence-electron chi connectivity index (χ0n) is 9.66. The average Bonchev–Trinajstić information content (AvgIpc) is 2.54. The lowest BCUT2D eigenvalue weighted by molar-refractivity contribution is -0.125. The van der Waals surface area contributed by atoms with Crippen LogP contribution in [0.15, 0.2) is 0 Å². The number of rotatable bonds is 3. The highest BCUT2D eigenvalue weighted by atomic mass is 16.2. The van der Waals surface area contributed by atoms with Gasteiger partial charge in [-0.1, -0.05) is 0 Å². The number of piperidine rings is 1. The van der Waals surface area contributed by atoms with Crippen molar-refractivity contribution in [2.45, 2.75) is 25.3 Å². The summed E-state index contributed by atoms with van der Waals surface area (Å²) >= 11 is 0. The van der Waals surface area contributed by atoms with Gasteiger partial charge >= 0.3 is 0 Å². The van der Waals surface area contributed by atoms with Crippen LogP contribution in [0.4, 0.5) is 0 Å². The summed E-state index contributed by atoms with van der Waals surface area (Å²) in [5.74, 6) is 0.264. The first kappa shape index (κ1) is 11.5. The molecule has 0 radical (unpaired) electrons. The van der Waals surface area contributed by atoms with E-state index >= 15 is 0 Å². The van der Waals surface area contributed by atoms with E-state index in [2.05, 4.69) is 22.6 Å². The van der Waals surface area contributed by atoms with Crippen LogP contribution in [0.3, 0.4) is 0 Å². The Balaban J connectivity index is 1.74. The second-order valence-corrected chi connectivity index (χ2v) is 4.85. The van der Waals surface area contributed by atoms with Gasteiger partial charge in [-0.05, 0) is 38.9 Å². The summed E-state index contributed by atoms with van der Waals surface area (Å²) in [5.41, 5.74) is 0. The van der Waals surface area contributed by atoms with Crippen molar-refractivity contribution < 1.29 is 9.59 Å². The van der Waals surface area contributed by atoms with E-state index in [1.165, 1.54) is 19.4 Å². The lowest BCUT2D eigenvalue weighted by Gasteiger charge is -2.30. The second-order valence-electron chi connectivity index (χ2n) is 4.85. The molecule has 0 saturated carbocycles. The fourth-order valence-electron chi connectivity index (χ4n) is 2.47. The average molecular weight is 225 g/mol. The van der Waals surface area contributed by atoms with Crippen molar-refractivity contribution in [2.75, 3.05) is 26.7 Å². The maximum absolute atomic E-state index is 11.3. The maximum Gasteiger partial charge on any atom is 0.244 e. The topological polar surface area (TPSA) is 61.4 Å². The summed E-state index contributed by atoms with van der Waals surface area (Å²) in [6.45, 7) is 3.07. The van der Waals surface area contributed by atoms with Gasteiger partial charge in [0.2, 0.25) is 11.8 Å². The van der Waals surface area contributed by atoms with Crippen LogP contribution in [0.5, 0.6) is 0 Å². The fraction of sp³-hybridized carbons (Fsp3) is 0.818. The van der Waals surface area contributed by atoms with Crippen LogP contribution in [0.2, 0.25) is 0 Å². The van der Waals surface area contributed by atoms with E-state index in [0.29, 0.717) is 12.3 Å². The van der Waals surface area contributed by atoms with Crippen LogP contribution in [-0.4, -0.2) is 49.4 Å². The lowest BCUT2D eigenvalue weighted by Crippen LogP contribution is -2.43. The van der Waals surface area contributed by atoms with E-state index in [1.54, 1.807) is 0 Å². The van der Waals surface area contributed by atoms with Gasteiger partial charge < -0.3 is 10.2 Å². The normalized spacial score (nSPS) is 31.8. The number of nitrogens with one attached hydrogen (secondary N) is 2. The van der Waals surface area contributed by atoms with Crippen molar-refractivity contribution in [3.63, 3.8) is 0 Å². The predicted molar refractivity (Wildman–Crippen MR) is 59.8 cm³/mol. The fourth-order valence-corrected chi connectivity index (χ4v) is 2.47. The van der Waals surface area contributed by atoms with Crippen molar-refractivity contribution in [1.29, 1.82) is 0 Å². The number of amides is 2. The van der Waals surface area contributed by atoms with Crippen LogP contribution in [0, 0.1) is 5.92 Å². The number of likely N-dealkylation sites (tertiary alicyclic amines) is 1. The molecule has 2 atom stereocenters. The molecule has 5 nitrogen and oxygen atoms in total. The van der Waals surface area contributed by atoms with Gasteiger partial charge in [-0.25, -0.2) is 0 Å². The summed E-state index contributed by atoms with van der Waals surface area (Å²) in [6, 6.07) is -0.306. The van der Waals surface area contributed by atoms with Gasteiger partial charge in [0.1, 0.15) is 0 Å². The molecule has 2 fully saturated rings. The molecule has 2 aliphatic heterocycles. The summed E-state index contributed by atoms with van der Waals surface area (Å²) in [5, 5.41) is 5.51. The minimum absolute atomic E-state index is 0.164. The molecule has 2 rings (SSSR count). The molecule has 0 aromatic carbocycles. The Morgan fingerprint density at radius 3 is 2.94 bits per heavy atom. The van der Waals surface area contributed by atoms with Crippen LogP contribution >= 0.6 is 0 Å². The largest absolute Gasteiger partial charge is 0.306 e. The molecule has 90 valence electrons. The molecule has 2 heterocycles. The molecule has 0 aromatic rings. The second kappa shape index (κ2) is 4.93. The number of hydrogen-bond donors (Lipinski definition) is 2. The summed E-state index contributed by atoms with van der Waals surface area (Å²) < 4.78 is 0. The Kier molecular flexibility index (Phi) is 3.56. The Hall–Kier alpha value is -0.940. The smallest absolute Gasteiger partial charge is 0.244 e. The highest BCUT2D eigenvalue weighted by molar-refractivity contribution is 6.05. The van der Waals surface area contributed by atoms with Crippen LogP contribution in [0.25, 0.3) is 0 Å². The van der Waals surface area contributed by atoms with Crippen molar-refractivity contribution in [1.82, 2.24) is 15.5 Å². The molecular weight excluding hydrogens is 206 g/mol. The highest BCUT2D eigenvalue weighted by Gasteiger charge is 2.30. The van der Waals surface area contributed by atoms with E-state index in [-0.39, 0.29) is 17.9 Å². The number of imide groups is 1. The molecule has 0 unspecified atom stereocenters. The van der Waals surface area contributed by atoms with E-state index in [9.17, 15) is 9.59 Å². The predicted octanol–water partition coefficient (Wildman–Crippen LogP) is -0.667. The molecule has 16 heavy (non-hydrogen) atoms. The van der Waals surface area contributed by atoms with E-state index in [0.717, 1.165) is 13.1 Å². The van der Waals surface area contributed by atoms with Crippen LogP contribution in [0.1, 0.15) is 19.3 Å². The van der Waals surface area contributed by atoms with Crippen molar-refractivity contribution in [2.24, 2.45) is 5.92 Å². The number of carbonyl (C=O) groups is 2. The Labute approximate surface area is 95.6 Å². The number of carbonyl (C=O) groups excluding carboxylic acids is 2. The molecular formula is C11H19N3O2. The molecule has 0 aromatic heterocycles. The third kappa shape index (κ3) is 2.80. The number of nitrogens with zero attached hydrogens (tertiary/aromatic N) is 1. The standard InChI is InChI=1S/C11H19N3O2/c1-14-4-2-3-8(7-14)6-12-9-5-10(15)13-11(9)16/h8-9,12H,2-7H2,1H3,(H,13,15,16)/t8-,9+/m1/s1. The molecule has 2 amide bonds. The van der Waals surface area contributed by atoms with E-state index in [1.807, 2.05) is 0 Å². The van der Waals surface area contributed by atoms with Gasteiger partial charge in [0.15, 0.2) is 0 Å². The minimum atomic E-state index is -0.306. The van der Waals surface area contributed by atoms with Gasteiger partial charge in [-0.15, -0.1) is 0 Å². The third-order valence-electron chi connectivity index (χ3n) is 3.34. The molecule has 2 aliphatic rings. The van der Waals surface area contributed by atoms with Crippen molar-refractivity contribution >= 4 is 11.8 Å². The summed E-state index contributed by atoms with van der Waals surface area (Å²) in [4.78, 5) is 24.6. The van der Waals surface area contributed by atoms with Gasteiger partial charge in [0.25, 0.3) is 0 Å². The van der Waals surface area contributed by atoms with Gasteiger partial charge in [0.05, 0.1) is 12.5 Å². The van der Waals surface area contributed by atoms with Crippen molar-refractivity contribution in [3.8, 4) is 0 Å². The SMILES string of the molecule is CN1CCC[C@H](CN[C@H]2CC(=O)NC2=O)C1. The Morgan fingerprint density at radius 1 is 1.50 bits per heavy atom. The first-order chi connectivity index (χ1) is 7.65. The van der Waals surface area contributed by atoms with Gasteiger partial charge in [0, 0.05) is 6.54 Å². The van der Waals surface area contributed by atoms with Crippen LogP contribution in [-0.2, 0) is 9.59 Å². The quantitative estimate of drug-likeness (QED) is 0.626. The van der Waals surface area contributed by atoms with Crippen molar-refractivity contribution in [3.05, 3.63) is 0 Å². The van der Waals surface area contributed by atoms with Gasteiger partial charge in [-0.2, -0.15) is 0 Å². The highest BCUT2D eigenvalue weighted by Crippen LogP contribution is 2.14. The Morgan fingerprint density at radius 2 is 2.31 bits per heavy atom. The molecule has 2 N–H and O–H groups in total. The molecule has 0 spiro atoms. The first-order valence-electron chi connectivity index (χ1n) is 5.91. The Bertz CT molecular complexity index is 293. The van der Waals surface area contributed by atoms with Gasteiger partial charge in [-0.3, -0.25) is 14.9 Å². The van der Waals surface area contributed by atoms with Crippen LogP contribution < -0.4 is 10.6 Å². The first-order valence-corrected chi connectivity index (χ1v) is 5.91. The molecule has 0 bridgehead atoms. The third-order valence-corrected chi connectivity index (χ3v) is 3.34.